The Hall–Kier alpha value is -2.20. The fourth-order valence-electron chi connectivity index (χ4n) is 2.31. The van der Waals surface area contributed by atoms with Gasteiger partial charge in [0.15, 0.2) is 5.65 Å². The van der Waals surface area contributed by atoms with Gasteiger partial charge in [0, 0.05) is 6.20 Å². The number of benzene rings is 1. The number of hydrogen-bond donors (Lipinski definition) is 1. The van der Waals surface area contributed by atoms with Crippen molar-refractivity contribution in [3.8, 4) is 5.69 Å². The molecule has 0 fully saturated rings. The van der Waals surface area contributed by atoms with E-state index in [1.165, 1.54) is 11.1 Å². The molecule has 3 aromatic rings. The lowest BCUT2D eigenvalue weighted by atomic mass is 10.1. The van der Waals surface area contributed by atoms with Gasteiger partial charge < -0.3 is 5.73 Å². The SMILES string of the molecule is Cc1ccc(C)c(-n2c(CN)nc3cccnc32)c1. The molecule has 96 valence electrons. The van der Waals surface area contributed by atoms with Crippen molar-refractivity contribution in [1.29, 1.82) is 0 Å². The first kappa shape index (κ1) is 11.9. The van der Waals surface area contributed by atoms with E-state index in [0.717, 1.165) is 22.7 Å². The predicted octanol–water partition coefficient (Wildman–Crippen LogP) is 2.50. The molecule has 0 atom stereocenters. The average Bonchev–Trinajstić information content (AvgIpc) is 2.80. The number of nitrogens with zero attached hydrogens (tertiary/aromatic N) is 3. The summed E-state index contributed by atoms with van der Waals surface area (Å²) in [5.74, 6) is 0.836. The summed E-state index contributed by atoms with van der Waals surface area (Å²) >= 11 is 0. The van der Waals surface area contributed by atoms with Crippen molar-refractivity contribution in [2.75, 3.05) is 0 Å². The lowest BCUT2D eigenvalue weighted by molar-refractivity contribution is 0.872. The Balaban J connectivity index is 2.37. The maximum Gasteiger partial charge on any atom is 0.164 e. The second-order valence-corrected chi connectivity index (χ2v) is 4.70. The number of aromatic nitrogens is 3. The Bertz CT molecular complexity index is 743. The van der Waals surface area contributed by atoms with Crippen LogP contribution in [0.25, 0.3) is 16.9 Å². The van der Waals surface area contributed by atoms with Gasteiger partial charge in [0.2, 0.25) is 0 Å². The van der Waals surface area contributed by atoms with E-state index in [2.05, 4.69) is 46.6 Å². The highest BCUT2D eigenvalue weighted by Crippen LogP contribution is 2.23. The molecular formula is C15H16N4. The van der Waals surface area contributed by atoms with E-state index in [9.17, 15) is 0 Å². The Morgan fingerprint density at radius 3 is 2.84 bits per heavy atom. The minimum atomic E-state index is 0.393. The van der Waals surface area contributed by atoms with Crippen molar-refractivity contribution in [2.45, 2.75) is 20.4 Å². The highest BCUT2D eigenvalue weighted by molar-refractivity contribution is 5.74. The second kappa shape index (κ2) is 4.48. The van der Waals surface area contributed by atoms with Crippen molar-refractivity contribution in [2.24, 2.45) is 5.73 Å². The van der Waals surface area contributed by atoms with E-state index in [-0.39, 0.29) is 0 Å². The minimum Gasteiger partial charge on any atom is -0.324 e. The van der Waals surface area contributed by atoms with Crippen molar-refractivity contribution in [1.82, 2.24) is 14.5 Å². The molecule has 2 heterocycles. The van der Waals surface area contributed by atoms with Crippen LogP contribution >= 0.6 is 0 Å². The van der Waals surface area contributed by atoms with E-state index in [1.807, 2.05) is 12.1 Å². The van der Waals surface area contributed by atoms with E-state index in [4.69, 9.17) is 5.73 Å². The van der Waals surface area contributed by atoms with Crippen LogP contribution in [0.15, 0.2) is 36.5 Å². The molecule has 0 saturated heterocycles. The maximum atomic E-state index is 5.83. The Morgan fingerprint density at radius 1 is 1.21 bits per heavy atom. The third kappa shape index (κ3) is 1.90. The summed E-state index contributed by atoms with van der Waals surface area (Å²) in [7, 11) is 0. The molecule has 0 radical (unpaired) electrons. The summed E-state index contributed by atoms with van der Waals surface area (Å²) in [4.78, 5) is 9.00. The largest absolute Gasteiger partial charge is 0.324 e. The molecule has 2 aromatic heterocycles. The lowest BCUT2D eigenvalue weighted by Gasteiger charge is -2.11. The molecule has 0 aliphatic rings. The molecule has 0 unspecified atom stereocenters. The summed E-state index contributed by atoms with van der Waals surface area (Å²) < 4.78 is 2.05. The zero-order valence-corrected chi connectivity index (χ0v) is 11.1. The van der Waals surface area contributed by atoms with Crippen molar-refractivity contribution >= 4 is 11.2 Å². The fourth-order valence-corrected chi connectivity index (χ4v) is 2.31. The summed E-state index contributed by atoms with van der Waals surface area (Å²) in [5.41, 5.74) is 11.1. The molecule has 0 bridgehead atoms. The third-order valence-corrected chi connectivity index (χ3v) is 3.27. The van der Waals surface area contributed by atoms with Gasteiger partial charge in [0.05, 0.1) is 12.2 Å². The van der Waals surface area contributed by atoms with Crippen LogP contribution in [0, 0.1) is 13.8 Å². The molecule has 2 N–H and O–H groups in total. The van der Waals surface area contributed by atoms with E-state index in [0.29, 0.717) is 6.54 Å². The highest BCUT2D eigenvalue weighted by Gasteiger charge is 2.13. The molecule has 0 saturated carbocycles. The van der Waals surface area contributed by atoms with Crippen LogP contribution in [0.4, 0.5) is 0 Å². The monoisotopic (exact) mass is 252 g/mol. The van der Waals surface area contributed by atoms with Crippen LogP contribution in [0.2, 0.25) is 0 Å². The third-order valence-electron chi connectivity index (χ3n) is 3.27. The van der Waals surface area contributed by atoms with Crippen LogP contribution in [-0.4, -0.2) is 14.5 Å². The first-order chi connectivity index (χ1) is 9.20. The van der Waals surface area contributed by atoms with E-state index in [1.54, 1.807) is 6.20 Å². The van der Waals surface area contributed by atoms with Gasteiger partial charge in [-0.15, -0.1) is 0 Å². The topological polar surface area (TPSA) is 56.7 Å². The molecule has 0 aliphatic heterocycles. The van der Waals surface area contributed by atoms with Gasteiger partial charge in [-0.25, -0.2) is 9.97 Å². The lowest BCUT2D eigenvalue weighted by Crippen LogP contribution is -2.08. The van der Waals surface area contributed by atoms with Gasteiger partial charge in [-0.2, -0.15) is 0 Å². The van der Waals surface area contributed by atoms with Crippen molar-refractivity contribution in [3.63, 3.8) is 0 Å². The summed E-state index contributed by atoms with van der Waals surface area (Å²) in [6.07, 6.45) is 1.78. The van der Waals surface area contributed by atoms with Crippen LogP contribution in [-0.2, 0) is 6.54 Å². The van der Waals surface area contributed by atoms with E-state index < -0.39 is 0 Å². The van der Waals surface area contributed by atoms with Gasteiger partial charge in [-0.3, -0.25) is 4.57 Å². The number of hydrogen-bond acceptors (Lipinski definition) is 3. The number of pyridine rings is 1. The van der Waals surface area contributed by atoms with Crippen LogP contribution < -0.4 is 5.73 Å². The molecule has 0 amide bonds. The van der Waals surface area contributed by atoms with Crippen molar-refractivity contribution < 1.29 is 0 Å². The summed E-state index contributed by atoms with van der Waals surface area (Å²) in [5, 5.41) is 0. The normalized spacial score (nSPS) is 11.1. The van der Waals surface area contributed by atoms with Crippen LogP contribution in [0.3, 0.4) is 0 Å². The predicted molar refractivity (Wildman–Crippen MR) is 76.2 cm³/mol. The Kier molecular flexibility index (Phi) is 2.80. The van der Waals surface area contributed by atoms with Gasteiger partial charge in [-0.1, -0.05) is 12.1 Å². The fraction of sp³-hybridized carbons (Fsp3) is 0.200. The quantitative estimate of drug-likeness (QED) is 0.762. The molecule has 4 heteroatoms. The Morgan fingerprint density at radius 2 is 2.05 bits per heavy atom. The maximum absolute atomic E-state index is 5.83. The molecular weight excluding hydrogens is 236 g/mol. The van der Waals surface area contributed by atoms with Crippen LogP contribution in [0.1, 0.15) is 17.0 Å². The number of nitrogens with two attached hydrogens (primary N) is 1. The van der Waals surface area contributed by atoms with E-state index >= 15 is 0 Å². The smallest absolute Gasteiger partial charge is 0.164 e. The molecule has 3 rings (SSSR count). The first-order valence-corrected chi connectivity index (χ1v) is 6.31. The van der Waals surface area contributed by atoms with Gasteiger partial charge >= 0.3 is 0 Å². The zero-order chi connectivity index (χ0) is 13.4. The van der Waals surface area contributed by atoms with Gasteiger partial charge in [0.1, 0.15) is 11.3 Å². The molecule has 4 nitrogen and oxygen atoms in total. The number of fused-ring (bicyclic) bond motifs is 1. The Labute approximate surface area is 111 Å². The zero-order valence-electron chi connectivity index (χ0n) is 11.1. The molecule has 1 aromatic carbocycles. The van der Waals surface area contributed by atoms with Crippen molar-refractivity contribution in [3.05, 3.63) is 53.5 Å². The van der Waals surface area contributed by atoms with Crippen LogP contribution in [0.5, 0.6) is 0 Å². The average molecular weight is 252 g/mol. The number of imidazole rings is 1. The minimum absolute atomic E-state index is 0.393. The highest BCUT2D eigenvalue weighted by atomic mass is 15.1. The standard InChI is InChI=1S/C15H16N4/c1-10-5-6-11(2)13(8-10)19-14(9-16)18-12-4-3-7-17-15(12)19/h3-8H,9,16H2,1-2H3. The molecule has 0 aliphatic carbocycles. The second-order valence-electron chi connectivity index (χ2n) is 4.70. The molecule has 19 heavy (non-hydrogen) atoms. The summed E-state index contributed by atoms with van der Waals surface area (Å²) in [6, 6.07) is 10.2. The molecule has 0 spiro atoms. The number of aryl methyl sites for hydroxylation is 2. The summed E-state index contributed by atoms with van der Waals surface area (Å²) in [6.45, 7) is 4.56. The first-order valence-electron chi connectivity index (χ1n) is 6.31. The van der Waals surface area contributed by atoms with Gasteiger partial charge in [-0.05, 0) is 43.2 Å². The number of rotatable bonds is 2. The van der Waals surface area contributed by atoms with Gasteiger partial charge in [0.25, 0.3) is 0 Å².